The number of imide groups is 1. The van der Waals surface area contributed by atoms with E-state index >= 15 is 0 Å². The summed E-state index contributed by atoms with van der Waals surface area (Å²) in [4.78, 5) is 61.7. The molecule has 1 aromatic carbocycles. The Kier molecular flexibility index (Phi) is 3.98. The first-order chi connectivity index (χ1) is 14.4. The van der Waals surface area contributed by atoms with Crippen LogP contribution in [0.2, 0.25) is 0 Å². The van der Waals surface area contributed by atoms with Crippen LogP contribution in [-0.2, 0) is 6.42 Å². The number of hydrogen-bond acceptors (Lipinski definition) is 8. The lowest BCUT2D eigenvalue weighted by Gasteiger charge is -2.27. The van der Waals surface area contributed by atoms with Crippen LogP contribution >= 0.6 is 11.3 Å². The van der Waals surface area contributed by atoms with Gasteiger partial charge in [-0.25, -0.2) is 4.79 Å². The van der Waals surface area contributed by atoms with Crippen molar-refractivity contribution in [1.29, 1.82) is 0 Å². The lowest BCUT2D eigenvalue weighted by atomic mass is 9.99. The molecule has 5 rings (SSSR count). The highest BCUT2D eigenvalue weighted by Crippen LogP contribution is 2.40. The zero-order valence-corrected chi connectivity index (χ0v) is 16.1. The minimum atomic E-state index is -1.18. The van der Waals surface area contributed by atoms with Crippen molar-refractivity contribution in [2.24, 2.45) is 0 Å². The summed E-state index contributed by atoms with van der Waals surface area (Å²) in [6, 6.07) is 6.12. The molecule has 0 spiro atoms. The Morgan fingerprint density at radius 3 is 2.33 bits per heavy atom. The third-order valence-corrected chi connectivity index (χ3v) is 6.58. The van der Waals surface area contributed by atoms with Crippen molar-refractivity contribution in [1.82, 2.24) is 14.9 Å². The number of carboxylic acid groups (broad SMARTS) is 1. The highest BCUT2D eigenvalue weighted by molar-refractivity contribution is 7.16. The van der Waals surface area contributed by atoms with E-state index in [1.807, 2.05) is 0 Å². The number of benzene rings is 1. The van der Waals surface area contributed by atoms with Gasteiger partial charge in [0.25, 0.3) is 11.8 Å². The van der Waals surface area contributed by atoms with Crippen LogP contribution in [0.1, 0.15) is 47.6 Å². The van der Waals surface area contributed by atoms with Crippen LogP contribution in [0.15, 0.2) is 33.9 Å². The van der Waals surface area contributed by atoms with Crippen LogP contribution < -0.4 is 21.9 Å². The van der Waals surface area contributed by atoms with Crippen LogP contribution in [0.4, 0.5) is 5.00 Å². The molecule has 1 unspecified atom stereocenters. The van der Waals surface area contributed by atoms with Gasteiger partial charge in [0.15, 0.2) is 0 Å². The maximum atomic E-state index is 12.7. The molecule has 11 heteroatoms. The van der Waals surface area contributed by atoms with Crippen LogP contribution in [-0.4, -0.2) is 45.6 Å². The van der Waals surface area contributed by atoms with Gasteiger partial charge in [0, 0.05) is 11.4 Å². The Balaban J connectivity index is 1.49. The number of thiophene rings is 1. The monoisotopic (exact) mass is 426 g/mol. The van der Waals surface area contributed by atoms with Crippen molar-refractivity contribution < 1.29 is 19.5 Å². The van der Waals surface area contributed by atoms with Gasteiger partial charge in [0.05, 0.1) is 22.7 Å². The van der Waals surface area contributed by atoms with E-state index in [9.17, 15) is 29.1 Å². The average molecular weight is 426 g/mol. The fraction of sp³-hybridized carbons (Fsp3) is 0.211. The Morgan fingerprint density at radius 2 is 1.77 bits per heavy atom. The first-order valence-corrected chi connectivity index (χ1v) is 9.92. The minimum absolute atomic E-state index is 0.00337. The molecule has 30 heavy (non-hydrogen) atoms. The smallest absolute Gasteiger partial charge is 0.340 e. The summed E-state index contributed by atoms with van der Waals surface area (Å²) in [5, 5.41) is 13.1. The SMILES string of the molecule is O=C(O)c1c(Nn2c(=O)c2=O)sc2c1CCNC2CN1C(=O)c2ccccc2C1=O. The number of anilines is 1. The molecule has 0 fully saturated rings. The van der Waals surface area contributed by atoms with E-state index in [1.54, 1.807) is 24.3 Å². The Hall–Kier alpha value is -3.57. The molecule has 0 saturated heterocycles. The first-order valence-electron chi connectivity index (χ1n) is 9.11. The minimum Gasteiger partial charge on any atom is -0.478 e. The molecule has 3 aromatic rings. The molecule has 1 atom stereocenters. The van der Waals surface area contributed by atoms with Crippen molar-refractivity contribution in [3.8, 4) is 0 Å². The van der Waals surface area contributed by atoms with Crippen molar-refractivity contribution >= 4 is 34.1 Å². The number of aromatic nitrogens is 1. The summed E-state index contributed by atoms with van der Waals surface area (Å²) in [6.45, 7) is 0.499. The molecule has 2 amide bonds. The number of hydrogen-bond donors (Lipinski definition) is 3. The van der Waals surface area contributed by atoms with E-state index in [2.05, 4.69) is 10.7 Å². The summed E-state index contributed by atoms with van der Waals surface area (Å²) in [7, 11) is 0. The lowest BCUT2D eigenvalue weighted by Crippen LogP contribution is -2.41. The van der Waals surface area contributed by atoms with Crippen LogP contribution in [0.3, 0.4) is 0 Å². The van der Waals surface area contributed by atoms with E-state index < -0.39 is 34.9 Å². The average Bonchev–Trinajstić information content (AvgIpc) is 3.05. The molecule has 2 aliphatic heterocycles. The molecule has 2 aromatic heterocycles. The topological polar surface area (TPSA) is 138 Å². The fourth-order valence-electron chi connectivity index (χ4n) is 3.85. The second-order valence-electron chi connectivity index (χ2n) is 7.03. The first kappa shape index (κ1) is 18.5. The number of carbonyl (C=O) groups is 3. The normalized spacial score (nSPS) is 18.0. The number of carbonyl (C=O) groups excluding carboxylic acids is 2. The number of carboxylic acids is 1. The second kappa shape index (κ2) is 6.47. The van der Waals surface area contributed by atoms with E-state index in [0.29, 0.717) is 34.5 Å². The van der Waals surface area contributed by atoms with E-state index in [4.69, 9.17) is 0 Å². The van der Waals surface area contributed by atoms with Gasteiger partial charge in [-0.3, -0.25) is 29.5 Å². The van der Waals surface area contributed by atoms with Crippen LogP contribution in [0.25, 0.3) is 0 Å². The van der Waals surface area contributed by atoms with Gasteiger partial charge in [-0.15, -0.1) is 11.3 Å². The molecule has 2 aliphatic rings. The van der Waals surface area contributed by atoms with E-state index in [0.717, 1.165) is 20.9 Å². The number of nitrogens with zero attached hydrogens (tertiary/aromatic N) is 2. The molecule has 0 aliphatic carbocycles. The number of amides is 2. The molecule has 3 N–H and O–H groups in total. The molecule has 0 radical (unpaired) electrons. The maximum Gasteiger partial charge on any atom is 0.340 e. The molecule has 10 nitrogen and oxygen atoms in total. The van der Waals surface area contributed by atoms with Crippen LogP contribution in [0, 0.1) is 0 Å². The van der Waals surface area contributed by atoms with Crippen molar-refractivity contribution in [3.05, 3.63) is 72.1 Å². The van der Waals surface area contributed by atoms with Crippen molar-refractivity contribution in [2.75, 3.05) is 18.5 Å². The molecule has 0 bridgehead atoms. The molecular weight excluding hydrogens is 412 g/mol. The van der Waals surface area contributed by atoms with Crippen LogP contribution in [0.5, 0.6) is 0 Å². The van der Waals surface area contributed by atoms with Crippen molar-refractivity contribution in [2.45, 2.75) is 12.5 Å². The highest BCUT2D eigenvalue weighted by Gasteiger charge is 2.39. The zero-order valence-electron chi connectivity index (χ0n) is 15.3. The quantitative estimate of drug-likeness (QED) is 0.389. The van der Waals surface area contributed by atoms with E-state index in [-0.39, 0.29) is 17.1 Å². The number of rotatable bonds is 5. The second-order valence-corrected chi connectivity index (χ2v) is 8.09. The van der Waals surface area contributed by atoms with E-state index in [1.165, 1.54) is 0 Å². The van der Waals surface area contributed by atoms with Gasteiger partial charge in [0.2, 0.25) is 0 Å². The van der Waals surface area contributed by atoms with Gasteiger partial charge < -0.3 is 10.4 Å². The predicted octanol–water partition coefficient (Wildman–Crippen LogP) is 0.202. The summed E-state index contributed by atoms with van der Waals surface area (Å²) >= 11 is 1.09. The van der Waals surface area contributed by atoms with Gasteiger partial charge in [-0.2, -0.15) is 4.68 Å². The number of fused-ring (bicyclic) bond motifs is 2. The summed E-state index contributed by atoms with van der Waals surface area (Å²) < 4.78 is 0.746. The fourth-order valence-corrected chi connectivity index (χ4v) is 5.15. The molecule has 0 saturated carbocycles. The number of aromatic carboxylic acids is 1. The van der Waals surface area contributed by atoms with Gasteiger partial charge in [-0.1, -0.05) is 12.1 Å². The summed E-state index contributed by atoms with van der Waals surface area (Å²) in [6.07, 6.45) is 0.426. The molecule has 4 heterocycles. The van der Waals surface area contributed by atoms with Gasteiger partial charge in [-0.05, 0) is 30.7 Å². The Bertz CT molecular complexity index is 1250. The standard InChI is InChI=1S/C19H14N4O6S/c24-15-8-3-1-2-4-9(8)16(25)22(15)7-11-13-10(5-6-20-11)12(19(28)29)14(30-13)21-23-17(26)18(23)27/h1-4,11,20-21H,5-7H2,(H,28,29). The van der Waals surface area contributed by atoms with Crippen molar-refractivity contribution in [3.63, 3.8) is 0 Å². The Labute approximate surface area is 172 Å². The third-order valence-electron chi connectivity index (χ3n) is 5.33. The van der Waals surface area contributed by atoms with Gasteiger partial charge >= 0.3 is 17.1 Å². The summed E-state index contributed by atoms with van der Waals surface area (Å²) in [5.74, 6) is -1.96. The summed E-state index contributed by atoms with van der Waals surface area (Å²) in [5.41, 5.74) is 2.34. The maximum absolute atomic E-state index is 12.7. The zero-order chi connectivity index (χ0) is 21.2. The molecular formula is C19H14N4O6S. The Morgan fingerprint density at radius 1 is 1.13 bits per heavy atom. The third kappa shape index (κ3) is 2.63. The molecule has 152 valence electrons. The highest BCUT2D eigenvalue weighted by atomic mass is 32.1. The lowest BCUT2D eigenvalue weighted by molar-refractivity contribution is 0.0633. The largest absolute Gasteiger partial charge is 0.478 e. The number of nitrogens with one attached hydrogen (secondary N) is 2. The van der Waals surface area contributed by atoms with Gasteiger partial charge in [0.1, 0.15) is 5.00 Å². The predicted molar refractivity (Wildman–Crippen MR) is 106 cm³/mol.